The summed E-state index contributed by atoms with van der Waals surface area (Å²) in [6.45, 7) is 3.04. The van der Waals surface area contributed by atoms with Gasteiger partial charge in [-0.2, -0.15) is 4.98 Å². The SMILES string of the molecule is CSc1nccc(OCCC2CCCNC2)n1.Cl. The van der Waals surface area contributed by atoms with E-state index < -0.39 is 0 Å². The van der Waals surface area contributed by atoms with Gasteiger partial charge in [0.25, 0.3) is 0 Å². The highest BCUT2D eigenvalue weighted by Crippen LogP contribution is 2.16. The smallest absolute Gasteiger partial charge is 0.217 e. The average Bonchev–Trinajstić information content (AvgIpc) is 2.40. The van der Waals surface area contributed by atoms with Crippen molar-refractivity contribution in [1.82, 2.24) is 15.3 Å². The predicted molar refractivity (Wildman–Crippen MR) is 76.8 cm³/mol. The zero-order valence-corrected chi connectivity index (χ0v) is 12.2. The van der Waals surface area contributed by atoms with E-state index in [9.17, 15) is 0 Å². The van der Waals surface area contributed by atoms with Crippen LogP contribution in [0, 0.1) is 5.92 Å². The quantitative estimate of drug-likeness (QED) is 0.666. The largest absolute Gasteiger partial charge is 0.478 e. The zero-order valence-electron chi connectivity index (χ0n) is 10.6. The number of halogens is 1. The number of ether oxygens (including phenoxy) is 1. The molecule has 0 spiro atoms. The molecule has 1 unspecified atom stereocenters. The van der Waals surface area contributed by atoms with Crippen LogP contribution in [0.5, 0.6) is 5.88 Å². The van der Waals surface area contributed by atoms with E-state index in [1.807, 2.05) is 12.3 Å². The summed E-state index contributed by atoms with van der Waals surface area (Å²) in [5.41, 5.74) is 0. The molecule has 4 nitrogen and oxygen atoms in total. The van der Waals surface area contributed by atoms with E-state index in [1.54, 1.807) is 6.20 Å². The summed E-state index contributed by atoms with van der Waals surface area (Å²) >= 11 is 1.53. The summed E-state index contributed by atoms with van der Waals surface area (Å²) in [5, 5.41) is 4.18. The predicted octanol–water partition coefficient (Wildman–Crippen LogP) is 2.39. The van der Waals surface area contributed by atoms with Crippen molar-refractivity contribution < 1.29 is 4.74 Å². The second kappa shape index (κ2) is 8.56. The molecule has 0 aliphatic carbocycles. The summed E-state index contributed by atoms with van der Waals surface area (Å²) in [4.78, 5) is 8.41. The van der Waals surface area contributed by atoms with Gasteiger partial charge in [0, 0.05) is 12.3 Å². The lowest BCUT2D eigenvalue weighted by atomic mass is 9.97. The van der Waals surface area contributed by atoms with Crippen molar-refractivity contribution in [2.45, 2.75) is 24.4 Å². The maximum atomic E-state index is 5.66. The lowest BCUT2D eigenvalue weighted by Gasteiger charge is -2.22. The maximum absolute atomic E-state index is 5.66. The first-order chi connectivity index (χ1) is 8.38. The fourth-order valence-electron chi connectivity index (χ4n) is 2.00. The molecule has 0 saturated carbocycles. The van der Waals surface area contributed by atoms with Crippen LogP contribution in [0.25, 0.3) is 0 Å². The van der Waals surface area contributed by atoms with Gasteiger partial charge < -0.3 is 10.1 Å². The molecule has 1 fully saturated rings. The van der Waals surface area contributed by atoms with Gasteiger partial charge in [0.15, 0.2) is 5.16 Å². The lowest BCUT2D eigenvalue weighted by Crippen LogP contribution is -2.30. The Labute approximate surface area is 119 Å². The number of aromatic nitrogens is 2. The number of piperidine rings is 1. The van der Waals surface area contributed by atoms with Crippen molar-refractivity contribution in [3.05, 3.63) is 12.3 Å². The van der Waals surface area contributed by atoms with Gasteiger partial charge in [0.1, 0.15) is 0 Å². The van der Waals surface area contributed by atoms with Crippen molar-refractivity contribution in [1.29, 1.82) is 0 Å². The van der Waals surface area contributed by atoms with Crippen LogP contribution in [0.2, 0.25) is 0 Å². The van der Waals surface area contributed by atoms with E-state index in [2.05, 4.69) is 15.3 Å². The molecule has 2 heterocycles. The molecule has 18 heavy (non-hydrogen) atoms. The molecule has 0 amide bonds. The third kappa shape index (κ3) is 5.00. The minimum Gasteiger partial charge on any atom is -0.478 e. The summed E-state index contributed by atoms with van der Waals surface area (Å²) in [5.74, 6) is 1.44. The Kier molecular flexibility index (Phi) is 7.39. The van der Waals surface area contributed by atoms with Crippen LogP contribution in [0.3, 0.4) is 0 Å². The first kappa shape index (κ1) is 15.5. The van der Waals surface area contributed by atoms with Gasteiger partial charge in [0.05, 0.1) is 6.61 Å². The fourth-order valence-corrected chi connectivity index (χ4v) is 2.35. The summed E-state index contributed by atoms with van der Waals surface area (Å²) in [7, 11) is 0. The summed E-state index contributed by atoms with van der Waals surface area (Å²) in [6, 6.07) is 1.82. The molecule has 1 aromatic rings. The molecule has 1 aliphatic rings. The number of hydrogen-bond acceptors (Lipinski definition) is 5. The standard InChI is InChI=1S/C12H19N3OS.ClH/c1-17-12-14-7-4-11(15-12)16-8-5-10-3-2-6-13-9-10;/h4,7,10,13H,2-3,5-6,8-9H2,1H3;1H. The Bertz CT molecular complexity index is 348. The van der Waals surface area contributed by atoms with Gasteiger partial charge in [-0.1, -0.05) is 11.8 Å². The summed E-state index contributed by atoms with van der Waals surface area (Å²) in [6.07, 6.45) is 7.42. The van der Waals surface area contributed by atoms with Gasteiger partial charge in [-0.15, -0.1) is 12.4 Å². The number of nitrogens with one attached hydrogen (secondary N) is 1. The third-order valence-electron chi connectivity index (χ3n) is 2.97. The van der Waals surface area contributed by atoms with Crippen molar-refractivity contribution in [2.24, 2.45) is 5.92 Å². The van der Waals surface area contributed by atoms with Crippen LogP contribution in [-0.2, 0) is 0 Å². The van der Waals surface area contributed by atoms with E-state index in [-0.39, 0.29) is 12.4 Å². The Morgan fingerprint density at radius 2 is 2.44 bits per heavy atom. The van der Waals surface area contributed by atoms with Crippen molar-refractivity contribution >= 4 is 24.2 Å². The molecule has 0 radical (unpaired) electrons. The molecule has 1 atom stereocenters. The second-order valence-corrected chi connectivity index (χ2v) is 5.00. The highest BCUT2D eigenvalue weighted by atomic mass is 35.5. The Balaban J connectivity index is 0.00000162. The normalized spacial score (nSPS) is 19.1. The van der Waals surface area contributed by atoms with E-state index in [0.29, 0.717) is 5.88 Å². The highest BCUT2D eigenvalue weighted by molar-refractivity contribution is 7.98. The number of hydrogen-bond donors (Lipinski definition) is 1. The number of rotatable bonds is 5. The molecule has 2 rings (SSSR count). The molecule has 1 aromatic heterocycles. The first-order valence-electron chi connectivity index (χ1n) is 6.09. The van der Waals surface area contributed by atoms with Crippen LogP contribution < -0.4 is 10.1 Å². The van der Waals surface area contributed by atoms with Crippen LogP contribution in [0.15, 0.2) is 17.4 Å². The third-order valence-corrected chi connectivity index (χ3v) is 3.53. The van der Waals surface area contributed by atoms with Crippen LogP contribution >= 0.6 is 24.2 Å². The molecule has 1 saturated heterocycles. The zero-order chi connectivity index (χ0) is 11.9. The van der Waals surface area contributed by atoms with E-state index in [4.69, 9.17) is 4.74 Å². The maximum Gasteiger partial charge on any atom is 0.217 e. The van der Waals surface area contributed by atoms with Gasteiger partial charge >= 0.3 is 0 Å². The average molecular weight is 290 g/mol. The van der Waals surface area contributed by atoms with Crippen molar-refractivity contribution in [3.63, 3.8) is 0 Å². The van der Waals surface area contributed by atoms with Crippen molar-refractivity contribution in [2.75, 3.05) is 26.0 Å². The molecule has 102 valence electrons. The molecule has 0 aromatic carbocycles. The van der Waals surface area contributed by atoms with E-state index >= 15 is 0 Å². The Morgan fingerprint density at radius 3 is 3.17 bits per heavy atom. The van der Waals surface area contributed by atoms with Gasteiger partial charge in [-0.3, -0.25) is 0 Å². The lowest BCUT2D eigenvalue weighted by molar-refractivity contribution is 0.245. The molecule has 1 N–H and O–H groups in total. The number of nitrogens with zero attached hydrogens (tertiary/aromatic N) is 2. The molecule has 6 heteroatoms. The highest BCUT2D eigenvalue weighted by Gasteiger charge is 2.12. The van der Waals surface area contributed by atoms with Gasteiger partial charge in [0.2, 0.25) is 5.88 Å². The van der Waals surface area contributed by atoms with Crippen LogP contribution in [0.4, 0.5) is 0 Å². The number of thioether (sulfide) groups is 1. The van der Waals surface area contributed by atoms with Gasteiger partial charge in [-0.25, -0.2) is 4.98 Å². The van der Waals surface area contributed by atoms with Gasteiger partial charge in [-0.05, 0) is 44.5 Å². The minimum atomic E-state index is 0. The van der Waals surface area contributed by atoms with E-state index in [0.717, 1.165) is 30.6 Å². The molecule has 1 aliphatic heterocycles. The first-order valence-corrected chi connectivity index (χ1v) is 7.31. The minimum absolute atomic E-state index is 0. The molecular weight excluding hydrogens is 270 g/mol. The van der Waals surface area contributed by atoms with Crippen LogP contribution in [0.1, 0.15) is 19.3 Å². The Morgan fingerprint density at radius 1 is 1.56 bits per heavy atom. The monoisotopic (exact) mass is 289 g/mol. The van der Waals surface area contributed by atoms with Crippen molar-refractivity contribution in [3.8, 4) is 5.88 Å². The summed E-state index contributed by atoms with van der Waals surface area (Å²) < 4.78 is 5.66. The Hall–Kier alpha value is -0.520. The topological polar surface area (TPSA) is 47.0 Å². The molecule has 0 bridgehead atoms. The fraction of sp³-hybridized carbons (Fsp3) is 0.667. The second-order valence-electron chi connectivity index (χ2n) is 4.23. The molecular formula is C12H20ClN3OS. The van der Waals surface area contributed by atoms with Crippen LogP contribution in [-0.4, -0.2) is 35.9 Å². The van der Waals surface area contributed by atoms with E-state index in [1.165, 1.54) is 31.1 Å².